The molecule has 4 rings (SSSR count). The summed E-state index contributed by atoms with van der Waals surface area (Å²) in [5.74, 6) is 0.793. The van der Waals surface area contributed by atoms with Crippen LogP contribution < -0.4 is 10.1 Å². The zero-order chi connectivity index (χ0) is 23.6. The minimum Gasteiger partial charge on any atom is -0.489 e. The molecule has 5 nitrogen and oxygen atoms in total. The van der Waals surface area contributed by atoms with Crippen molar-refractivity contribution in [3.05, 3.63) is 108 Å². The van der Waals surface area contributed by atoms with Gasteiger partial charge in [-0.15, -0.1) is 0 Å². The van der Waals surface area contributed by atoms with Crippen LogP contribution in [0.15, 0.2) is 91.0 Å². The third kappa shape index (κ3) is 6.82. The van der Waals surface area contributed by atoms with E-state index in [1.807, 2.05) is 95.9 Å². The average Bonchev–Trinajstić information content (AvgIpc) is 2.91. The van der Waals surface area contributed by atoms with Gasteiger partial charge in [0.05, 0.1) is 0 Å². The van der Waals surface area contributed by atoms with Crippen LogP contribution in [0.5, 0.6) is 5.75 Å². The molecule has 0 spiro atoms. The van der Waals surface area contributed by atoms with Gasteiger partial charge >= 0.3 is 0 Å². The molecule has 0 bridgehead atoms. The van der Waals surface area contributed by atoms with Gasteiger partial charge in [-0.3, -0.25) is 9.59 Å². The maximum atomic E-state index is 12.6. The molecule has 0 aliphatic carbocycles. The first-order valence-corrected chi connectivity index (χ1v) is 11.7. The van der Waals surface area contributed by atoms with Crippen molar-refractivity contribution < 1.29 is 14.3 Å². The van der Waals surface area contributed by atoms with Crippen molar-refractivity contribution in [2.75, 3.05) is 13.1 Å². The fourth-order valence-electron chi connectivity index (χ4n) is 3.98. The monoisotopic (exact) mass is 454 g/mol. The fraction of sp³-hybridized carbons (Fsp3) is 0.241. The Bertz CT molecular complexity index is 1090. The van der Waals surface area contributed by atoms with E-state index in [0.717, 1.165) is 22.4 Å². The minimum absolute atomic E-state index is 0.00251. The van der Waals surface area contributed by atoms with Crippen molar-refractivity contribution in [3.8, 4) is 5.75 Å². The number of carbonyl (C=O) groups excluding carboxylic acids is 2. The Kier molecular flexibility index (Phi) is 8.12. The van der Waals surface area contributed by atoms with Crippen LogP contribution in [0.2, 0.25) is 0 Å². The van der Waals surface area contributed by atoms with E-state index in [4.69, 9.17) is 4.74 Å². The van der Waals surface area contributed by atoms with Crippen molar-refractivity contribution in [1.29, 1.82) is 0 Å². The highest BCUT2D eigenvalue weighted by atomic mass is 16.5. The largest absolute Gasteiger partial charge is 0.489 e. The summed E-state index contributed by atoms with van der Waals surface area (Å²) in [4.78, 5) is 26.9. The Labute approximate surface area is 201 Å². The summed E-state index contributed by atoms with van der Waals surface area (Å²) in [6.07, 6.45) is 4.81. The highest BCUT2D eigenvalue weighted by Crippen LogP contribution is 2.19. The Morgan fingerprint density at radius 1 is 0.853 bits per heavy atom. The number of nitrogens with zero attached hydrogens (tertiary/aromatic N) is 1. The van der Waals surface area contributed by atoms with Gasteiger partial charge in [0.1, 0.15) is 12.4 Å². The van der Waals surface area contributed by atoms with Gasteiger partial charge in [-0.05, 0) is 47.7 Å². The first kappa shape index (κ1) is 23.3. The van der Waals surface area contributed by atoms with Crippen molar-refractivity contribution in [1.82, 2.24) is 10.2 Å². The highest BCUT2D eigenvalue weighted by Gasteiger charge is 2.26. The van der Waals surface area contributed by atoms with Crippen molar-refractivity contribution in [2.45, 2.75) is 26.0 Å². The molecule has 34 heavy (non-hydrogen) atoms. The van der Waals surface area contributed by atoms with Gasteiger partial charge in [-0.25, -0.2) is 0 Å². The van der Waals surface area contributed by atoms with E-state index >= 15 is 0 Å². The molecule has 174 valence electrons. The third-order valence-electron chi connectivity index (χ3n) is 6.03. The molecule has 5 heteroatoms. The summed E-state index contributed by atoms with van der Waals surface area (Å²) >= 11 is 0. The second-order valence-corrected chi connectivity index (χ2v) is 8.48. The molecule has 2 amide bonds. The number of carbonyl (C=O) groups is 2. The Morgan fingerprint density at radius 2 is 1.50 bits per heavy atom. The molecule has 1 heterocycles. The topological polar surface area (TPSA) is 58.6 Å². The van der Waals surface area contributed by atoms with Crippen LogP contribution in [-0.4, -0.2) is 29.8 Å². The van der Waals surface area contributed by atoms with Crippen molar-refractivity contribution in [3.63, 3.8) is 0 Å². The van der Waals surface area contributed by atoms with Gasteiger partial charge in [0.15, 0.2) is 0 Å². The summed E-state index contributed by atoms with van der Waals surface area (Å²) in [6.45, 7) is 2.21. The molecule has 0 unspecified atom stereocenters. The number of nitrogens with one attached hydrogen (secondary N) is 1. The second-order valence-electron chi connectivity index (χ2n) is 8.48. The molecule has 0 atom stereocenters. The lowest BCUT2D eigenvalue weighted by Gasteiger charge is -2.30. The quantitative estimate of drug-likeness (QED) is 0.496. The van der Waals surface area contributed by atoms with Crippen LogP contribution in [0, 0.1) is 5.92 Å². The van der Waals surface area contributed by atoms with Gasteiger partial charge in [0.2, 0.25) is 11.8 Å². The number of hydrogen-bond donors (Lipinski definition) is 1. The molecule has 1 fully saturated rings. The van der Waals surface area contributed by atoms with Crippen LogP contribution in [0.1, 0.15) is 29.5 Å². The first-order chi connectivity index (χ1) is 16.7. The standard InChI is InChI=1S/C29H30N2O3/c32-28(16-13-23-7-3-1-4-8-23)31-19-17-26(18-20-31)29(33)30-21-24-11-14-27(15-12-24)34-22-25-9-5-2-6-10-25/h1-16,26H,17-22H2,(H,30,33)/b16-13+. The van der Waals surface area contributed by atoms with Gasteiger partial charge in [-0.1, -0.05) is 72.8 Å². The lowest BCUT2D eigenvalue weighted by atomic mass is 9.95. The van der Waals surface area contributed by atoms with Gasteiger partial charge in [-0.2, -0.15) is 0 Å². The molecule has 1 aliphatic heterocycles. The molecule has 1 saturated heterocycles. The summed E-state index contributed by atoms with van der Waals surface area (Å²) in [5, 5.41) is 3.04. The molecular formula is C29H30N2O3. The van der Waals surface area contributed by atoms with E-state index in [-0.39, 0.29) is 17.7 Å². The molecule has 0 radical (unpaired) electrons. The maximum absolute atomic E-state index is 12.6. The zero-order valence-electron chi connectivity index (χ0n) is 19.2. The number of hydrogen-bond acceptors (Lipinski definition) is 3. The normalized spacial score (nSPS) is 14.2. The van der Waals surface area contributed by atoms with E-state index in [1.165, 1.54) is 0 Å². The smallest absolute Gasteiger partial charge is 0.246 e. The highest BCUT2D eigenvalue weighted by molar-refractivity contribution is 5.92. The summed E-state index contributed by atoms with van der Waals surface area (Å²) < 4.78 is 5.82. The predicted octanol–water partition coefficient (Wildman–Crippen LogP) is 4.83. The molecule has 1 aliphatic rings. The fourth-order valence-corrected chi connectivity index (χ4v) is 3.98. The zero-order valence-corrected chi connectivity index (χ0v) is 19.2. The molecule has 0 saturated carbocycles. The minimum atomic E-state index is -0.0596. The van der Waals surface area contributed by atoms with Crippen LogP contribution in [0.3, 0.4) is 0 Å². The Morgan fingerprint density at radius 3 is 2.18 bits per heavy atom. The lowest BCUT2D eigenvalue weighted by molar-refractivity contribution is -0.132. The lowest BCUT2D eigenvalue weighted by Crippen LogP contribution is -2.42. The van der Waals surface area contributed by atoms with Gasteiger partial charge < -0.3 is 15.0 Å². The molecular weight excluding hydrogens is 424 g/mol. The number of rotatable bonds is 8. The van der Waals surface area contributed by atoms with Gasteiger partial charge in [0.25, 0.3) is 0 Å². The van der Waals surface area contributed by atoms with E-state index in [0.29, 0.717) is 39.1 Å². The predicted molar refractivity (Wildman–Crippen MR) is 134 cm³/mol. The number of ether oxygens (including phenoxy) is 1. The molecule has 1 N–H and O–H groups in total. The number of amides is 2. The third-order valence-corrected chi connectivity index (χ3v) is 6.03. The Balaban J connectivity index is 1.17. The Hall–Kier alpha value is -3.86. The molecule has 0 aromatic heterocycles. The average molecular weight is 455 g/mol. The number of piperidine rings is 1. The van der Waals surface area contributed by atoms with E-state index in [1.54, 1.807) is 6.08 Å². The van der Waals surface area contributed by atoms with Crippen LogP contribution in [0.4, 0.5) is 0 Å². The number of benzene rings is 3. The molecule has 3 aromatic carbocycles. The van der Waals surface area contributed by atoms with E-state index in [9.17, 15) is 9.59 Å². The second kappa shape index (κ2) is 11.8. The maximum Gasteiger partial charge on any atom is 0.246 e. The molecule has 3 aromatic rings. The first-order valence-electron chi connectivity index (χ1n) is 11.7. The van der Waals surface area contributed by atoms with Crippen LogP contribution >= 0.6 is 0 Å². The summed E-state index contributed by atoms with van der Waals surface area (Å²) in [5.41, 5.74) is 3.15. The SMILES string of the molecule is O=C(NCc1ccc(OCc2ccccc2)cc1)C1CCN(C(=O)/C=C/c2ccccc2)CC1. The van der Waals surface area contributed by atoms with Crippen molar-refractivity contribution in [2.24, 2.45) is 5.92 Å². The van der Waals surface area contributed by atoms with E-state index < -0.39 is 0 Å². The number of likely N-dealkylation sites (tertiary alicyclic amines) is 1. The summed E-state index contributed by atoms with van der Waals surface area (Å²) in [6, 6.07) is 27.6. The van der Waals surface area contributed by atoms with Crippen LogP contribution in [0.25, 0.3) is 6.08 Å². The summed E-state index contributed by atoms with van der Waals surface area (Å²) in [7, 11) is 0. The van der Waals surface area contributed by atoms with Crippen LogP contribution in [-0.2, 0) is 22.7 Å². The van der Waals surface area contributed by atoms with E-state index in [2.05, 4.69) is 5.32 Å². The van der Waals surface area contributed by atoms with Crippen molar-refractivity contribution >= 4 is 17.9 Å². The van der Waals surface area contributed by atoms with Gasteiger partial charge in [0, 0.05) is 31.6 Å².